The molecule has 1 rings (SSSR count). The van der Waals surface area contributed by atoms with Crippen LogP contribution in [0.2, 0.25) is 13.3 Å². The van der Waals surface area contributed by atoms with Crippen LogP contribution in [0.5, 0.6) is 0 Å². The summed E-state index contributed by atoms with van der Waals surface area (Å²) in [5.74, 6) is 0. The van der Waals surface area contributed by atoms with Crippen molar-refractivity contribution in [3.63, 3.8) is 0 Å². The summed E-state index contributed by atoms with van der Waals surface area (Å²) in [4.78, 5) is 0. The molecule has 164 valence electrons. The molecule has 0 aromatic carbocycles. The van der Waals surface area contributed by atoms with Crippen LogP contribution in [0.1, 0.15) is 123 Å². The molecule has 0 saturated heterocycles. The van der Waals surface area contributed by atoms with Crippen molar-refractivity contribution in [1.82, 2.24) is 0 Å². The summed E-state index contributed by atoms with van der Waals surface area (Å²) in [5, 5.41) is 2.45. The van der Waals surface area contributed by atoms with Crippen LogP contribution < -0.4 is 2.89 Å². The van der Waals surface area contributed by atoms with Crippen molar-refractivity contribution >= 4 is 32.6 Å². The van der Waals surface area contributed by atoms with Gasteiger partial charge in [-0.05, 0) is 0 Å². The molecule has 0 saturated carbocycles. The van der Waals surface area contributed by atoms with E-state index in [1.807, 2.05) is 2.89 Å². The van der Waals surface area contributed by atoms with Gasteiger partial charge in [0.2, 0.25) is 0 Å². The van der Waals surface area contributed by atoms with Gasteiger partial charge in [0.25, 0.3) is 0 Å². The average molecular weight is 513 g/mol. The predicted octanol–water partition coefficient (Wildman–Crippen LogP) is 9.49. The standard InChI is InChI=1S/C14H23S.3C4H9.Sn/c1-2-3-4-5-6-7-8-9-10-14-11-12-15-13-14;3*1-3-4-2;/h11-12H,2-10H2,1H3;3*1,3-4H2,2H3;. The van der Waals surface area contributed by atoms with Gasteiger partial charge < -0.3 is 0 Å². The van der Waals surface area contributed by atoms with E-state index in [4.69, 9.17) is 0 Å². The maximum absolute atomic E-state index is 2.52. The molecule has 0 amide bonds. The number of unbranched alkanes of at least 4 members (excludes halogenated alkanes) is 10. The normalized spacial score (nSPS) is 12.0. The summed E-state index contributed by atoms with van der Waals surface area (Å²) in [5.41, 5.74) is 1.80. The van der Waals surface area contributed by atoms with Crippen LogP contribution in [0.25, 0.3) is 0 Å². The SMILES string of the molecule is CCCCCCCCCCc1ccs[c]1[Sn]([CH2]CCC)([CH2]CCC)[CH2]CCC. The monoisotopic (exact) mass is 514 g/mol. The van der Waals surface area contributed by atoms with Crippen molar-refractivity contribution in [3.8, 4) is 0 Å². The first-order chi connectivity index (χ1) is 13.7. The second-order valence-corrected chi connectivity index (χ2v) is 24.1. The summed E-state index contributed by atoms with van der Waals surface area (Å²) in [6.45, 7) is 9.50. The van der Waals surface area contributed by atoms with Crippen LogP contribution in [-0.2, 0) is 6.42 Å². The molecule has 1 heterocycles. The average Bonchev–Trinajstić information content (AvgIpc) is 3.19. The van der Waals surface area contributed by atoms with Crippen molar-refractivity contribution in [3.05, 3.63) is 17.0 Å². The Kier molecular flexibility index (Phi) is 16.3. The van der Waals surface area contributed by atoms with Crippen LogP contribution >= 0.6 is 11.3 Å². The van der Waals surface area contributed by atoms with Gasteiger partial charge in [0.1, 0.15) is 0 Å². The third-order valence-corrected chi connectivity index (χ3v) is 26.1. The van der Waals surface area contributed by atoms with Gasteiger partial charge in [-0.3, -0.25) is 0 Å². The molecule has 0 aliphatic heterocycles. The molecule has 0 bridgehead atoms. The van der Waals surface area contributed by atoms with Crippen molar-refractivity contribution in [2.45, 2.75) is 137 Å². The van der Waals surface area contributed by atoms with Gasteiger partial charge in [-0.2, -0.15) is 0 Å². The first kappa shape index (κ1) is 26.5. The van der Waals surface area contributed by atoms with E-state index in [0.717, 1.165) is 0 Å². The van der Waals surface area contributed by atoms with Gasteiger partial charge in [-0.1, -0.05) is 0 Å². The molecular weight excluding hydrogens is 463 g/mol. The molecule has 0 aliphatic rings. The molecule has 0 radical (unpaired) electrons. The van der Waals surface area contributed by atoms with E-state index in [0.29, 0.717) is 0 Å². The fourth-order valence-electron chi connectivity index (χ4n) is 4.71. The number of rotatable bonds is 19. The molecule has 1 aromatic heterocycles. The Morgan fingerprint density at radius 2 is 1.07 bits per heavy atom. The van der Waals surface area contributed by atoms with Gasteiger partial charge in [-0.15, -0.1) is 0 Å². The fourth-order valence-corrected chi connectivity index (χ4v) is 25.9. The zero-order valence-electron chi connectivity index (χ0n) is 19.8. The van der Waals surface area contributed by atoms with Crippen LogP contribution in [0, 0.1) is 0 Å². The minimum absolute atomic E-state index is 1.36. The first-order valence-corrected chi connectivity index (χ1v) is 21.2. The van der Waals surface area contributed by atoms with Crippen molar-refractivity contribution in [2.24, 2.45) is 0 Å². The summed E-state index contributed by atoms with van der Waals surface area (Å²) >= 11 is -0.0298. The van der Waals surface area contributed by atoms with Crippen LogP contribution in [-0.4, -0.2) is 18.4 Å². The Hall–Kier alpha value is 0.499. The number of hydrogen-bond acceptors (Lipinski definition) is 1. The van der Waals surface area contributed by atoms with E-state index < -0.39 is 18.4 Å². The molecule has 0 spiro atoms. The zero-order chi connectivity index (χ0) is 20.5. The summed E-state index contributed by atoms with van der Waals surface area (Å²) in [7, 11) is 0. The molecule has 0 fully saturated rings. The quantitative estimate of drug-likeness (QED) is 0.128. The maximum atomic E-state index is 2.52. The second kappa shape index (κ2) is 17.2. The van der Waals surface area contributed by atoms with Crippen molar-refractivity contribution < 1.29 is 0 Å². The van der Waals surface area contributed by atoms with E-state index in [1.165, 1.54) is 96.3 Å². The van der Waals surface area contributed by atoms with E-state index in [-0.39, 0.29) is 0 Å². The fraction of sp³-hybridized carbons (Fsp3) is 0.846. The first-order valence-electron chi connectivity index (χ1n) is 12.8. The van der Waals surface area contributed by atoms with Gasteiger partial charge in [0, 0.05) is 0 Å². The Morgan fingerprint density at radius 1 is 0.607 bits per heavy atom. The molecule has 1 aromatic rings. The molecule has 0 N–H and O–H groups in total. The molecule has 0 atom stereocenters. The summed E-state index contributed by atoms with van der Waals surface area (Å²) < 4.78 is 6.86. The van der Waals surface area contributed by atoms with Crippen LogP contribution in [0.3, 0.4) is 0 Å². The van der Waals surface area contributed by atoms with Crippen molar-refractivity contribution in [2.75, 3.05) is 0 Å². The number of hydrogen-bond donors (Lipinski definition) is 0. The Morgan fingerprint density at radius 3 is 1.57 bits per heavy atom. The molecule has 2 heteroatoms. The topological polar surface area (TPSA) is 0 Å². The third kappa shape index (κ3) is 10.0. The van der Waals surface area contributed by atoms with Crippen LogP contribution in [0.4, 0.5) is 0 Å². The summed E-state index contributed by atoms with van der Waals surface area (Å²) in [6.07, 6.45) is 21.5. The van der Waals surface area contributed by atoms with Gasteiger partial charge in [0.05, 0.1) is 0 Å². The van der Waals surface area contributed by atoms with E-state index >= 15 is 0 Å². The number of aryl methyl sites for hydroxylation is 1. The number of thiophene rings is 1. The molecule has 0 nitrogen and oxygen atoms in total. The molecular formula is C26H50SSn. The predicted molar refractivity (Wildman–Crippen MR) is 135 cm³/mol. The van der Waals surface area contributed by atoms with Crippen molar-refractivity contribution in [1.29, 1.82) is 0 Å². The van der Waals surface area contributed by atoms with E-state index in [9.17, 15) is 0 Å². The third-order valence-electron chi connectivity index (χ3n) is 6.55. The van der Waals surface area contributed by atoms with Gasteiger partial charge >= 0.3 is 187 Å². The van der Waals surface area contributed by atoms with Gasteiger partial charge in [0.15, 0.2) is 0 Å². The second-order valence-electron chi connectivity index (χ2n) is 9.09. The van der Waals surface area contributed by atoms with E-state index in [2.05, 4.69) is 50.5 Å². The molecule has 28 heavy (non-hydrogen) atoms. The van der Waals surface area contributed by atoms with Crippen LogP contribution in [0.15, 0.2) is 11.4 Å². The minimum atomic E-state index is -2.21. The molecule has 0 unspecified atom stereocenters. The molecule has 0 aliphatic carbocycles. The van der Waals surface area contributed by atoms with Gasteiger partial charge in [-0.25, -0.2) is 0 Å². The summed E-state index contributed by atoms with van der Waals surface area (Å²) in [6, 6.07) is 2.52. The zero-order valence-corrected chi connectivity index (χ0v) is 23.5. The van der Waals surface area contributed by atoms with E-state index in [1.54, 1.807) is 18.9 Å². The Labute approximate surface area is 186 Å². The Balaban J connectivity index is 2.68. The Bertz CT molecular complexity index is 443.